The first-order valence-corrected chi connectivity index (χ1v) is 6.83. The molecule has 1 N–H and O–H groups in total. The maximum atomic E-state index is 12.2. The molecule has 0 radical (unpaired) electrons. The smallest absolute Gasteiger partial charge is 0.209 e. The van der Waals surface area contributed by atoms with Gasteiger partial charge in [0.15, 0.2) is 5.78 Å². The highest BCUT2D eigenvalue weighted by molar-refractivity contribution is 6.24. The van der Waals surface area contributed by atoms with Gasteiger partial charge in [0.1, 0.15) is 0 Å². The second-order valence-corrected chi connectivity index (χ2v) is 4.58. The Morgan fingerprint density at radius 3 is 2.50 bits per heavy atom. The van der Waals surface area contributed by atoms with Crippen LogP contribution in [0.4, 0.5) is 0 Å². The van der Waals surface area contributed by atoms with Gasteiger partial charge in [-0.25, -0.2) is 0 Å². The van der Waals surface area contributed by atoms with Crippen molar-refractivity contribution in [3.8, 4) is 11.8 Å². The Labute approximate surface area is 119 Å². The van der Waals surface area contributed by atoms with E-state index in [9.17, 15) is 9.59 Å². The fourth-order valence-corrected chi connectivity index (χ4v) is 2.01. The molecule has 0 atom stereocenters. The molecule has 0 unspecified atom stereocenters. The molecular weight excluding hydrogens is 250 g/mol. The van der Waals surface area contributed by atoms with E-state index < -0.39 is 0 Å². The molecule has 0 heterocycles. The highest BCUT2D eigenvalue weighted by atomic mass is 16.1. The van der Waals surface area contributed by atoms with Gasteiger partial charge >= 0.3 is 0 Å². The van der Waals surface area contributed by atoms with E-state index in [4.69, 9.17) is 0 Å². The van der Waals surface area contributed by atoms with Crippen molar-refractivity contribution in [1.29, 1.82) is 0 Å². The SMILES string of the molecule is CCCC#CCCNC1=CC(=O)c2ccccc2C1=O. The van der Waals surface area contributed by atoms with E-state index in [0.717, 1.165) is 12.8 Å². The number of Topliss-reactive ketones (excluding diaryl/α,β-unsaturated/α-hetero) is 1. The molecule has 1 aromatic rings. The molecule has 0 saturated carbocycles. The fourth-order valence-electron chi connectivity index (χ4n) is 2.01. The van der Waals surface area contributed by atoms with Crippen LogP contribution in [0.25, 0.3) is 0 Å². The molecule has 1 aromatic carbocycles. The molecule has 0 amide bonds. The van der Waals surface area contributed by atoms with Gasteiger partial charge in [0.05, 0.1) is 5.70 Å². The van der Waals surface area contributed by atoms with Crippen LogP contribution < -0.4 is 5.32 Å². The molecule has 1 aliphatic rings. The van der Waals surface area contributed by atoms with Crippen molar-refractivity contribution in [2.24, 2.45) is 0 Å². The molecule has 20 heavy (non-hydrogen) atoms. The van der Waals surface area contributed by atoms with Gasteiger partial charge in [-0.15, -0.1) is 11.8 Å². The Kier molecular flexibility index (Phi) is 4.73. The number of unbranched alkanes of at least 4 members (excludes halogenated alkanes) is 1. The lowest BCUT2D eigenvalue weighted by Gasteiger charge is -2.15. The third kappa shape index (κ3) is 3.16. The molecule has 0 aliphatic heterocycles. The predicted molar refractivity (Wildman–Crippen MR) is 78.5 cm³/mol. The van der Waals surface area contributed by atoms with Crippen LogP contribution in [-0.4, -0.2) is 18.1 Å². The molecule has 2 rings (SSSR count). The van der Waals surface area contributed by atoms with Crippen molar-refractivity contribution in [1.82, 2.24) is 5.32 Å². The van der Waals surface area contributed by atoms with Crippen LogP contribution in [0.2, 0.25) is 0 Å². The summed E-state index contributed by atoms with van der Waals surface area (Å²) in [6.07, 6.45) is 3.99. The van der Waals surface area contributed by atoms with E-state index >= 15 is 0 Å². The third-order valence-corrected chi connectivity index (χ3v) is 3.02. The Bertz CT molecular complexity index is 617. The number of benzene rings is 1. The van der Waals surface area contributed by atoms with Crippen molar-refractivity contribution in [2.75, 3.05) is 6.54 Å². The number of fused-ring (bicyclic) bond motifs is 1. The number of carbonyl (C=O) groups is 2. The molecule has 3 heteroatoms. The summed E-state index contributed by atoms with van der Waals surface area (Å²) in [6, 6.07) is 6.90. The first kappa shape index (κ1) is 14.1. The lowest BCUT2D eigenvalue weighted by atomic mass is 9.93. The number of carbonyl (C=O) groups excluding carboxylic acids is 2. The van der Waals surface area contributed by atoms with Gasteiger partial charge in [-0.05, 0) is 6.42 Å². The van der Waals surface area contributed by atoms with Gasteiger partial charge in [-0.3, -0.25) is 9.59 Å². The zero-order valence-electron chi connectivity index (χ0n) is 11.5. The summed E-state index contributed by atoms with van der Waals surface area (Å²) in [4.78, 5) is 24.1. The summed E-state index contributed by atoms with van der Waals surface area (Å²) >= 11 is 0. The lowest BCUT2D eigenvalue weighted by molar-refractivity contribution is 0.0978. The van der Waals surface area contributed by atoms with Crippen LogP contribution in [0.1, 0.15) is 46.9 Å². The average molecular weight is 267 g/mol. The molecule has 102 valence electrons. The third-order valence-electron chi connectivity index (χ3n) is 3.02. The van der Waals surface area contributed by atoms with Crippen molar-refractivity contribution in [3.05, 3.63) is 47.2 Å². The number of nitrogens with one attached hydrogen (secondary N) is 1. The maximum Gasteiger partial charge on any atom is 0.209 e. The van der Waals surface area contributed by atoms with Crippen LogP contribution in [0.3, 0.4) is 0 Å². The lowest BCUT2D eigenvalue weighted by Crippen LogP contribution is -2.27. The fraction of sp³-hybridized carbons (Fsp3) is 0.294. The monoisotopic (exact) mass is 267 g/mol. The number of allylic oxidation sites excluding steroid dienone is 2. The number of ketones is 2. The summed E-state index contributed by atoms with van der Waals surface area (Å²) in [5.74, 6) is 5.83. The van der Waals surface area contributed by atoms with Crippen LogP contribution >= 0.6 is 0 Å². The average Bonchev–Trinajstić information content (AvgIpc) is 2.47. The summed E-state index contributed by atoms with van der Waals surface area (Å²) in [6.45, 7) is 2.66. The molecule has 0 spiro atoms. The highest BCUT2D eigenvalue weighted by Gasteiger charge is 2.24. The topological polar surface area (TPSA) is 46.2 Å². The zero-order valence-corrected chi connectivity index (χ0v) is 11.5. The van der Waals surface area contributed by atoms with Gasteiger partial charge in [-0.1, -0.05) is 31.2 Å². The highest BCUT2D eigenvalue weighted by Crippen LogP contribution is 2.19. The van der Waals surface area contributed by atoms with Crippen molar-refractivity contribution >= 4 is 11.6 Å². The van der Waals surface area contributed by atoms with Crippen molar-refractivity contribution in [2.45, 2.75) is 26.2 Å². The second kappa shape index (κ2) is 6.72. The first-order chi connectivity index (χ1) is 9.74. The minimum atomic E-state index is -0.125. The molecule has 0 bridgehead atoms. The normalized spacial score (nSPS) is 13.2. The first-order valence-electron chi connectivity index (χ1n) is 6.83. The Morgan fingerprint density at radius 2 is 1.75 bits per heavy atom. The van der Waals surface area contributed by atoms with E-state index in [2.05, 4.69) is 24.1 Å². The van der Waals surface area contributed by atoms with E-state index in [0.29, 0.717) is 29.8 Å². The molecule has 0 saturated heterocycles. The van der Waals surface area contributed by atoms with Gasteiger partial charge in [0, 0.05) is 36.6 Å². The summed E-state index contributed by atoms with van der Waals surface area (Å²) in [7, 11) is 0. The Hall–Kier alpha value is -2.34. The second-order valence-electron chi connectivity index (χ2n) is 4.58. The van der Waals surface area contributed by atoms with Crippen molar-refractivity contribution < 1.29 is 9.59 Å². The molecular formula is C17H17NO2. The molecule has 0 fully saturated rings. The zero-order chi connectivity index (χ0) is 14.4. The van der Waals surface area contributed by atoms with Gasteiger partial charge < -0.3 is 5.32 Å². The van der Waals surface area contributed by atoms with Crippen LogP contribution in [-0.2, 0) is 0 Å². The minimum Gasteiger partial charge on any atom is -0.381 e. The number of hydrogen-bond acceptors (Lipinski definition) is 3. The molecule has 1 aliphatic carbocycles. The quantitative estimate of drug-likeness (QED) is 0.674. The predicted octanol–water partition coefficient (Wildman–Crippen LogP) is 2.73. The van der Waals surface area contributed by atoms with Gasteiger partial charge in [0.25, 0.3) is 0 Å². The Balaban J connectivity index is 1.99. The number of hydrogen-bond donors (Lipinski definition) is 1. The van der Waals surface area contributed by atoms with Gasteiger partial charge in [0.2, 0.25) is 5.78 Å². The van der Waals surface area contributed by atoms with Gasteiger partial charge in [-0.2, -0.15) is 0 Å². The molecule has 3 nitrogen and oxygen atoms in total. The minimum absolute atomic E-state index is 0.123. The summed E-state index contributed by atoms with van der Waals surface area (Å²) in [5, 5.41) is 3.01. The summed E-state index contributed by atoms with van der Waals surface area (Å²) < 4.78 is 0. The molecule has 0 aromatic heterocycles. The largest absolute Gasteiger partial charge is 0.381 e. The summed E-state index contributed by atoms with van der Waals surface area (Å²) in [5.41, 5.74) is 1.32. The van der Waals surface area contributed by atoms with Crippen LogP contribution in [0.15, 0.2) is 36.0 Å². The van der Waals surface area contributed by atoms with E-state index in [-0.39, 0.29) is 11.6 Å². The van der Waals surface area contributed by atoms with Crippen LogP contribution in [0, 0.1) is 11.8 Å². The van der Waals surface area contributed by atoms with E-state index in [1.54, 1.807) is 24.3 Å². The van der Waals surface area contributed by atoms with Crippen LogP contribution in [0.5, 0.6) is 0 Å². The van der Waals surface area contributed by atoms with Crippen molar-refractivity contribution in [3.63, 3.8) is 0 Å². The standard InChI is InChI=1S/C17H17NO2/c1-2-3-4-5-8-11-18-15-12-16(19)13-9-6-7-10-14(13)17(15)20/h6-7,9-10,12,18H,2-3,8,11H2,1H3. The van der Waals surface area contributed by atoms with E-state index in [1.165, 1.54) is 6.08 Å². The maximum absolute atomic E-state index is 12.2. The van der Waals surface area contributed by atoms with E-state index in [1.807, 2.05) is 0 Å². The number of rotatable bonds is 4. The Morgan fingerprint density at radius 1 is 1.05 bits per heavy atom.